The predicted octanol–water partition coefficient (Wildman–Crippen LogP) is 3.64. The maximum Gasteiger partial charge on any atom is 0.172 e. The van der Waals surface area contributed by atoms with Crippen LogP contribution in [0.25, 0.3) is 5.69 Å². The molecule has 0 atom stereocenters. The van der Waals surface area contributed by atoms with Crippen LogP contribution in [0.3, 0.4) is 0 Å². The van der Waals surface area contributed by atoms with E-state index >= 15 is 0 Å². The van der Waals surface area contributed by atoms with E-state index in [0.717, 1.165) is 21.1 Å². The first kappa shape index (κ1) is 12.2. The fourth-order valence-electron chi connectivity index (χ4n) is 1.41. The Balaban J connectivity index is 2.25. The second kappa shape index (κ2) is 5.89. The number of benzene rings is 1. The van der Waals surface area contributed by atoms with Gasteiger partial charge in [0.25, 0.3) is 0 Å². The van der Waals surface area contributed by atoms with Crippen molar-refractivity contribution in [2.75, 3.05) is 5.75 Å². The maximum absolute atomic E-state index is 8.53. The number of imidazole rings is 1. The van der Waals surface area contributed by atoms with Crippen LogP contribution in [-0.4, -0.2) is 15.3 Å². The summed E-state index contributed by atoms with van der Waals surface area (Å²) in [5, 5.41) is 9.44. The molecule has 0 aliphatic carbocycles. The third-order valence-electron chi connectivity index (χ3n) is 2.16. The third kappa shape index (κ3) is 2.90. The number of rotatable bonds is 4. The van der Waals surface area contributed by atoms with E-state index in [2.05, 4.69) is 27.0 Å². The molecule has 86 valence electrons. The smallest absolute Gasteiger partial charge is 0.172 e. The minimum atomic E-state index is 0.535. The van der Waals surface area contributed by atoms with Crippen LogP contribution < -0.4 is 0 Å². The van der Waals surface area contributed by atoms with E-state index in [-0.39, 0.29) is 0 Å². The first-order valence-electron chi connectivity index (χ1n) is 5.11. The van der Waals surface area contributed by atoms with Crippen molar-refractivity contribution >= 4 is 27.7 Å². The standard InChI is InChI=1S/C12H10BrN3S/c13-10-4-1-2-5-11(10)16-8-7-15-12(16)17-9-3-6-14/h1-2,4-5,7-8H,3,9H2. The predicted molar refractivity (Wildman–Crippen MR) is 72.2 cm³/mol. The molecule has 0 radical (unpaired) electrons. The van der Waals surface area contributed by atoms with Gasteiger partial charge in [-0.05, 0) is 28.1 Å². The lowest BCUT2D eigenvalue weighted by Gasteiger charge is -2.08. The Morgan fingerprint density at radius 2 is 2.24 bits per heavy atom. The van der Waals surface area contributed by atoms with E-state index in [9.17, 15) is 0 Å². The lowest BCUT2D eigenvalue weighted by molar-refractivity contribution is 0.891. The summed E-state index contributed by atoms with van der Waals surface area (Å²) >= 11 is 5.11. The van der Waals surface area contributed by atoms with Crippen LogP contribution >= 0.6 is 27.7 Å². The van der Waals surface area contributed by atoms with Crippen LogP contribution in [0.2, 0.25) is 0 Å². The van der Waals surface area contributed by atoms with Crippen LogP contribution in [0.5, 0.6) is 0 Å². The Morgan fingerprint density at radius 3 is 3.00 bits per heavy atom. The van der Waals surface area contributed by atoms with Gasteiger partial charge in [0.05, 0.1) is 11.8 Å². The van der Waals surface area contributed by atoms with Gasteiger partial charge in [0.1, 0.15) is 0 Å². The maximum atomic E-state index is 8.53. The molecule has 0 N–H and O–H groups in total. The van der Waals surface area contributed by atoms with Gasteiger partial charge in [-0.2, -0.15) is 5.26 Å². The number of nitriles is 1. The molecular weight excluding hydrogens is 298 g/mol. The van der Waals surface area contributed by atoms with Gasteiger partial charge in [-0.15, -0.1) is 0 Å². The molecule has 17 heavy (non-hydrogen) atoms. The number of hydrogen-bond acceptors (Lipinski definition) is 3. The van der Waals surface area contributed by atoms with Crippen molar-refractivity contribution in [2.24, 2.45) is 0 Å². The molecule has 5 heteroatoms. The summed E-state index contributed by atoms with van der Waals surface area (Å²) in [7, 11) is 0. The van der Waals surface area contributed by atoms with Crippen molar-refractivity contribution in [1.29, 1.82) is 5.26 Å². The highest BCUT2D eigenvalue weighted by atomic mass is 79.9. The van der Waals surface area contributed by atoms with Gasteiger partial charge in [0.2, 0.25) is 0 Å². The van der Waals surface area contributed by atoms with E-state index < -0.39 is 0 Å². The Bertz CT molecular complexity index is 545. The van der Waals surface area contributed by atoms with Gasteiger partial charge in [-0.25, -0.2) is 4.98 Å². The van der Waals surface area contributed by atoms with Crippen LogP contribution in [0.4, 0.5) is 0 Å². The first-order valence-corrected chi connectivity index (χ1v) is 6.89. The monoisotopic (exact) mass is 307 g/mol. The summed E-state index contributed by atoms with van der Waals surface area (Å²) in [6, 6.07) is 10.1. The Labute approximate surface area is 113 Å². The van der Waals surface area contributed by atoms with E-state index in [4.69, 9.17) is 5.26 Å². The first-order chi connectivity index (χ1) is 8.33. The fraction of sp³-hybridized carbons (Fsp3) is 0.167. The number of hydrogen-bond donors (Lipinski definition) is 0. The zero-order valence-electron chi connectivity index (χ0n) is 9.01. The molecule has 2 aromatic rings. The summed E-state index contributed by atoms with van der Waals surface area (Å²) < 4.78 is 3.05. The van der Waals surface area contributed by atoms with Crippen LogP contribution in [0.15, 0.2) is 46.3 Å². The highest BCUT2D eigenvalue weighted by molar-refractivity contribution is 9.10. The molecule has 1 heterocycles. The molecule has 2 rings (SSSR count). The minimum Gasteiger partial charge on any atom is -0.294 e. The Morgan fingerprint density at radius 1 is 1.41 bits per heavy atom. The van der Waals surface area contributed by atoms with Gasteiger partial charge in [0.15, 0.2) is 5.16 Å². The minimum absolute atomic E-state index is 0.535. The van der Waals surface area contributed by atoms with Gasteiger partial charge >= 0.3 is 0 Å². The molecule has 0 aliphatic heterocycles. The molecule has 0 spiro atoms. The molecule has 0 saturated carbocycles. The molecule has 0 amide bonds. The molecule has 0 fully saturated rings. The number of nitrogens with zero attached hydrogens (tertiary/aromatic N) is 3. The van der Waals surface area contributed by atoms with E-state index in [1.807, 2.05) is 35.0 Å². The summed E-state index contributed by atoms with van der Waals surface area (Å²) in [6.07, 6.45) is 4.23. The molecular formula is C12H10BrN3S. The fourth-order valence-corrected chi connectivity index (χ4v) is 2.70. The zero-order chi connectivity index (χ0) is 12.1. The SMILES string of the molecule is N#CCCSc1nccn1-c1ccccc1Br. The van der Waals surface area contributed by atoms with Crippen LogP contribution in [0, 0.1) is 11.3 Å². The average molecular weight is 308 g/mol. The van der Waals surface area contributed by atoms with Crippen LogP contribution in [0.1, 0.15) is 6.42 Å². The highest BCUT2D eigenvalue weighted by Gasteiger charge is 2.07. The van der Waals surface area contributed by atoms with Crippen molar-refractivity contribution in [1.82, 2.24) is 9.55 Å². The molecule has 1 aromatic heterocycles. The lowest BCUT2D eigenvalue weighted by atomic mass is 10.3. The quantitative estimate of drug-likeness (QED) is 0.639. The number of halogens is 1. The molecule has 0 bridgehead atoms. The molecule has 1 aromatic carbocycles. The van der Waals surface area contributed by atoms with E-state index in [1.165, 1.54) is 0 Å². The lowest BCUT2D eigenvalue weighted by Crippen LogP contribution is -1.96. The Hall–Kier alpha value is -1.25. The van der Waals surface area contributed by atoms with E-state index in [1.54, 1.807) is 18.0 Å². The van der Waals surface area contributed by atoms with Crippen molar-refractivity contribution < 1.29 is 0 Å². The second-order valence-electron chi connectivity index (χ2n) is 3.29. The Kier molecular flexibility index (Phi) is 4.24. The normalized spacial score (nSPS) is 10.1. The van der Waals surface area contributed by atoms with Gasteiger partial charge in [-0.1, -0.05) is 23.9 Å². The number of aromatic nitrogens is 2. The third-order valence-corrected chi connectivity index (χ3v) is 3.80. The van der Waals surface area contributed by atoms with Crippen LogP contribution in [-0.2, 0) is 0 Å². The summed E-state index contributed by atoms with van der Waals surface area (Å²) in [5.74, 6) is 0.762. The van der Waals surface area contributed by atoms with Crippen molar-refractivity contribution in [2.45, 2.75) is 11.6 Å². The van der Waals surface area contributed by atoms with Gasteiger partial charge in [0, 0.05) is 29.0 Å². The van der Waals surface area contributed by atoms with E-state index in [0.29, 0.717) is 6.42 Å². The summed E-state index contributed by atoms with van der Waals surface area (Å²) in [6.45, 7) is 0. The number of thioether (sulfide) groups is 1. The molecule has 0 unspecified atom stereocenters. The largest absolute Gasteiger partial charge is 0.294 e. The topological polar surface area (TPSA) is 41.6 Å². The molecule has 0 saturated heterocycles. The van der Waals surface area contributed by atoms with Crippen molar-refractivity contribution in [3.63, 3.8) is 0 Å². The highest BCUT2D eigenvalue weighted by Crippen LogP contribution is 2.26. The average Bonchev–Trinajstić information content (AvgIpc) is 2.78. The van der Waals surface area contributed by atoms with Crippen molar-refractivity contribution in [3.8, 4) is 11.8 Å². The van der Waals surface area contributed by atoms with Gasteiger partial charge < -0.3 is 0 Å². The van der Waals surface area contributed by atoms with Crippen molar-refractivity contribution in [3.05, 3.63) is 41.1 Å². The summed E-state index contributed by atoms with van der Waals surface area (Å²) in [5.41, 5.74) is 1.06. The summed E-state index contributed by atoms with van der Waals surface area (Å²) in [4.78, 5) is 4.30. The second-order valence-corrected chi connectivity index (χ2v) is 5.20. The molecule has 0 aliphatic rings. The molecule has 3 nitrogen and oxygen atoms in total. The van der Waals surface area contributed by atoms with Gasteiger partial charge in [-0.3, -0.25) is 4.57 Å². The number of para-hydroxylation sites is 1. The zero-order valence-corrected chi connectivity index (χ0v) is 11.4.